The van der Waals surface area contributed by atoms with Crippen molar-refractivity contribution in [1.82, 2.24) is 13.7 Å². The van der Waals surface area contributed by atoms with E-state index in [0.717, 1.165) is 22.8 Å². The molecular weight excluding hydrogens is 286 g/mol. The predicted molar refractivity (Wildman–Crippen MR) is 91.0 cm³/mol. The normalized spacial score (nSPS) is 10.8. The lowest BCUT2D eigenvalue weighted by atomic mass is 10.2. The van der Waals surface area contributed by atoms with Gasteiger partial charge in [0.05, 0.1) is 18.5 Å². The van der Waals surface area contributed by atoms with Crippen LogP contribution in [0.15, 0.2) is 85.7 Å². The fourth-order valence-corrected chi connectivity index (χ4v) is 2.82. The van der Waals surface area contributed by atoms with Crippen molar-refractivity contribution in [2.45, 2.75) is 0 Å². The first kappa shape index (κ1) is 13.5. The lowest BCUT2D eigenvalue weighted by molar-refractivity contribution is 0.411. The molecule has 4 rings (SSSR count). The third-order valence-electron chi connectivity index (χ3n) is 3.91. The third-order valence-corrected chi connectivity index (χ3v) is 3.91. The molecule has 0 amide bonds. The summed E-state index contributed by atoms with van der Waals surface area (Å²) in [7, 11) is 1.71. The molecule has 0 fully saturated rings. The smallest absolute Gasteiger partial charge is 0.166 e. The van der Waals surface area contributed by atoms with E-state index in [0.29, 0.717) is 0 Å². The van der Waals surface area contributed by atoms with Gasteiger partial charge in [0.15, 0.2) is 5.75 Å². The Hall–Kier alpha value is -3.14. The summed E-state index contributed by atoms with van der Waals surface area (Å²) >= 11 is 0. The van der Waals surface area contributed by atoms with Crippen LogP contribution in [-0.2, 0) is 0 Å². The lowest BCUT2D eigenvalue weighted by Gasteiger charge is -2.18. The number of hydrogen-bond donors (Lipinski definition) is 0. The van der Waals surface area contributed by atoms with Crippen molar-refractivity contribution in [2.24, 2.45) is 0 Å². The summed E-state index contributed by atoms with van der Waals surface area (Å²) in [5, 5.41) is 0. The Balaban J connectivity index is 2.01. The van der Waals surface area contributed by atoms with Crippen LogP contribution in [0, 0.1) is 0 Å². The maximum absolute atomic E-state index is 5.75. The van der Waals surface area contributed by atoms with Crippen molar-refractivity contribution in [2.75, 3.05) is 7.11 Å². The Kier molecular flexibility index (Phi) is 3.27. The third kappa shape index (κ3) is 2.34. The molecular formula is C19H17N3O. The maximum atomic E-state index is 5.75. The standard InChI is InChI=1S/C19H17N3O/c1-23-19-17(21-10-4-5-11-21)14-16(20-8-2-3-9-20)15-18(19)22-12-6-7-13-22/h2-15H,1H3. The van der Waals surface area contributed by atoms with E-state index in [1.807, 2.05) is 73.6 Å². The molecule has 0 N–H and O–H groups in total. The van der Waals surface area contributed by atoms with Gasteiger partial charge in [-0.2, -0.15) is 0 Å². The van der Waals surface area contributed by atoms with Gasteiger partial charge in [0.2, 0.25) is 0 Å². The van der Waals surface area contributed by atoms with Gasteiger partial charge in [0.1, 0.15) is 0 Å². The summed E-state index contributed by atoms with van der Waals surface area (Å²) in [5.41, 5.74) is 3.10. The monoisotopic (exact) mass is 303 g/mol. The summed E-state index contributed by atoms with van der Waals surface area (Å²) in [4.78, 5) is 0. The molecule has 0 aliphatic rings. The van der Waals surface area contributed by atoms with Crippen LogP contribution in [0.3, 0.4) is 0 Å². The van der Waals surface area contributed by atoms with Crippen LogP contribution < -0.4 is 4.74 Å². The topological polar surface area (TPSA) is 24.0 Å². The van der Waals surface area contributed by atoms with E-state index >= 15 is 0 Å². The summed E-state index contributed by atoms with van der Waals surface area (Å²) in [6.07, 6.45) is 12.2. The van der Waals surface area contributed by atoms with E-state index in [1.165, 1.54) is 0 Å². The fourth-order valence-electron chi connectivity index (χ4n) is 2.82. The minimum Gasteiger partial charge on any atom is -0.492 e. The second-order valence-electron chi connectivity index (χ2n) is 5.29. The minimum atomic E-state index is 0.841. The molecule has 114 valence electrons. The number of aromatic nitrogens is 3. The van der Waals surface area contributed by atoms with Gasteiger partial charge in [-0.05, 0) is 48.5 Å². The zero-order chi connectivity index (χ0) is 15.6. The van der Waals surface area contributed by atoms with E-state index < -0.39 is 0 Å². The molecule has 0 saturated heterocycles. The highest BCUT2D eigenvalue weighted by Crippen LogP contribution is 2.33. The summed E-state index contributed by atoms with van der Waals surface area (Å²) in [5.74, 6) is 0.841. The first-order valence-corrected chi connectivity index (χ1v) is 7.49. The molecule has 0 aliphatic heterocycles. The molecule has 23 heavy (non-hydrogen) atoms. The van der Waals surface area contributed by atoms with Gasteiger partial charge in [0, 0.05) is 42.9 Å². The molecule has 4 aromatic rings. The summed E-state index contributed by atoms with van der Waals surface area (Å²) in [6, 6.07) is 16.4. The fraction of sp³-hybridized carbons (Fsp3) is 0.0526. The Labute approximate surface area is 134 Å². The average molecular weight is 303 g/mol. The van der Waals surface area contributed by atoms with Gasteiger partial charge >= 0.3 is 0 Å². The summed E-state index contributed by atoms with van der Waals surface area (Å²) in [6.45, 7) is 0. The Morgan fingerprint density at radius 2 is 1.00 bits per heavy atom. The molecule has 3 heterocycles. The zero-order valence-electron chi connectivity index (χ0n) is 12.8. The number of rotatable bonds is 4. The van der Waals surface area contributed by atoms with E-state index in [2.05, 4.69) is 25.8 Å². The lowest BCUT2D eigenvalue weighted by Crippen LogP contribution is -2.04. The van der Waals surface area contributed by atoms with Crippen LogP contribution in [0.5, 0.6) is 5.75 Å². The van der Waals surface area contributed by atoms with Crippen molar-refractivity contribution in [3.8, 4) is 22.8 Å². The molecule has 0 atom stereocenters. The van der Waals surface area contributed by atoms with Crippen molar-refractivity contribution < 1.29 is 4.74 Å². The van der Waals surface area contributed by atoms with Crippen LogP contribution in [0.4, 0.5) is 0 Å². The van der Waals surface area contributed by atoms with Crippen LogP contribution in [0.25, 0.3) is 17.1 Å². The quantitative estimate of drug-likeness (QED) is 0.557. The van der Waals surface area contributed by atoms with Crippen molar-refractivity contribution >= 4 is 0 Å². The zero-order valence-corrected chi connectivity index (χ0v) is 12.8. The Morgan fingerprint density at radius 3 is 1.39 bits per heavy atom. The van der Waals surface area contributed by atoms with E-state index in [-0.39, 0.29) is 0 Å². The Morgan fingerprint density at radius 1 is 0.609 bits per heavy atom. The Bertz CT molecular complexity index is 833. The molecule has 0 saturated carbocycles. The van der Waals surface area contributed by atoms with Gasteiger partial charge in [-0.15, -0.1) is 0 Å². The number of benzene rings is 1. The van der Waals surface area contributed by atoms with Gasteiger partial charge in [0.25, 0.3) is 0 Å². The molecule has 1 aromatic carbocycles. The molecule has 0 spiro atoms. The highest BCUT2D eigenvalue weighted by atomic mass is 16.5. The highest BCUT2D eigenvalue weighted by Gasteiger charge is 2.14. The van der Waals surface area contributed by atoms with Gasteiger partial charge < -0.3 is 18.4 Å². The SMILES string of the molecule is COc1c(-n2cccc2)cc(-n2cccc2)cc1-n1cccc1. The highest BCUT2D eigenvalue weighted by molar-refractivity contribution is 5.65. The minimum absolute atomic E-state index is 0.841. The van der Waals surface area contributed by atoms with Crippen molar-refractivity contribution in [1.29, 1.82) is 0 Å². The molecule has 0 unspecified atom stereocenters. The second kappa shape index (κ2) is 5.57. The van der Waals surface area contributed by atoms with Gasteiger partial charge in [-0.3, -0.25) is 0 Å². The summed E-state index contributed by atoms with van der Waals surface area (Å²) < 4.78 is 12.0. The molecule has 0 radical (unpaired) electrons. The molecule has 0 bridgehead atoms. The van der Waals surface area contributed by atoms with Crippen LogP contribution in [0.1, 0.15) is 0 Å². The van der Waals surface area contributed by atoms with Gasteiger partial charge in [-0.1, -0.05) is 0 Å². The number of nitrogens with zero attached hydrogens (tertiary/aromatic N) is 3. The molecule has 3 aromatic heterocycles. The largest absolute Gasteiger partial charge is 0.492 e. The van der Waals surface area contributed by atoms with Crippen molar-refractivity contribution in [3.63, 3.8) is 0 Å². The molecule has 0 aliphatic carbocycles. The van der Waals surface area contributed by atoms with Crippen LogP contribution in [0.2, 0.25) is 0 Å². The van der Waals surface area contributed by atoms with E-state index in [9.17, 15) is 0 Å². The number of ether oxygens (including phenoxy) is 1. The van der Waals surface area contributed by atoms with E-state index in [1.54, 1.807) is 7.11 Å². The maximum Gasteiger partial charge on any atom is 0.166 e. The molecule has 4 heteroatoms. The van der Waals surface area contributed by atoms with Crippen LogP contribution in [-0.4, -0.2) is 20.8 Å². The first-order chi connectivity index (χ1) is 11.4. The second-order valence-corrected chi connectivity index (χ2v) is 5.29. The van der Waals surface area contributed by atoms with Crippen LogP contribution >= 0.6 is 0 Å². The van der Waals surface area contributed by atoms with Gasteiger partial charge in [-0.25, -0.2) is 0 Å². The predicted octanol–water partition coefficient (Wildman–Crippen LogP) is 4.07. The van der Waals surface area contributed by atoms with E-state index in [4.69, 9.17) is 4.74 Å². The number of hydrogen-bond acceptors (Lipinski definition) is 1. The number of methoxy groups -OCH3 is 1. The molecule has 4 nitrogen and oxygen atoms in total. The van der Waals surface area contributed by atoms with Crippen molar-refractivity contribution in [3.05, 3.63) is 85.7 Å². The average Bonchev–Trinajstić information content (AvgIpc) is 3.37. The first-order valence-electron chi connectivity index (χ1n) is 7.49.